The van der Waals surface area contributed by atoms with Gasteiger partial charge in [-0.3, -0.25) is 4.79 Å². The Balaban J connectivity index is 1.23. The Morgan fingerprint density at radius 1 is 1.21 bits per heavy atom. The minimum atomic E-state index is -0.758. The van der Waals surface area contributed by atoms with E-state index in [1.165, 1.54) is 19.3 Å². The SMILES string of the molecule is Cc1nc(-c2nnn(C)c2COC(=O)N2CC3(CCC3)C2)ccc1O[C@H]1CCC[C@H](C(=O)O)C1. The first-order valence-electron chi connectivity index (χ1n) is 12.0. The summed E-state index contributed by atoms with van der Waals surface area (Å²) in [5.74, 6) is -0.475. The summed E-state index contributed by atoms with van der Waals surface area (Å²) in [6, 6.07) is 3.65. The number of pyridine rings is 1. The predicted molar refractivity (Wildman–Crippen MR) is 121 cm³/mol. The number of carbonyl (C=O) groups excluding carboxylic acids is 1. The van der Waals surface area contributed by atoms with Crippen molar-refractivity contribution < 1.29 is 24.2 Å². The lowest BCUT2D eigenvalue weighted by molar-refractivity contribution is -0.143. The third-order valence-corrected chi connectivity index (χ3v) is 7.55. The van der Waals surface area contributed by atoms with Crippen molar-refractivity contribution in [3.05, 3.63) is 23.5 Å². The van der Waals surface area contributed by atoms with Gasteiger partial charge in [0.15, 0.2) is 0 Å². The number of amides is 1. The van der Waals surface area contributed by atoms with E-state index in [2.05, 4.69) is 15.3 Å². The van der Waals surface area contributed by atoms with E-state index in [1.54, 1.807) is 16.6 Å². The second kappa shape index (κ2) is 8.88. The van der Waals surface area contributed by atoms with Crippen molar-refractivity contribution in [2.24, 2.45) is 18.4 Å². The first kappa shape index (κ1) is 22.6. The van der Waals surface area contributed by atoms with Crippen molar-refractivity contribution in [3.63, 3.8) is 0 Å². The van der Waals surface area contributed by atoms with Crippen molar-refractivity contribution in [3.8, 4) is 17.1 Å². The van der Waals surface area contributed by atoms with E-state index in [0.29, 0.717) is 46.8 Å². The van der Waals surface area contributed by atoms with Gasteiger partial charge in [0.05, 0.1) is 23.4 Å². The highest BCUT2D eigenvalue weighted by molar-refractivity contribution is 5.70. The van der Waals surface area contributed by atoms with Crippen LogP contribution in [-0.4, -0.2) is 61.2 Å². The molecule has 2 aliphatic carbocycles. The number of aliphatic carboxylic acids is 1. The van der Waals surface area contributed by atoms with Gasteiger partial charge < -0.3 is 19.5 Å². The van der Waals surface area contributed by atoms with Gasteiger partial charge in [-0.15, -0.1) is 5.10 Å². The molecular formula is C24H31N5O5. The first-order valence-corrected chi connectivity index (χ1v) is 12.0. The standard InChI is InChI=1S/C24H31N5O5/c1-15-20(34-17-6-3-5-16(11-17)22(30)31)8-7-18(25-15)21-19(28(2)27-26-21)12-33-23(32)29-13-24(14-29)9-4-10-24/h7-8,16-17H,3-6,9-14H2,1-2H3,(H,30,31)/t16-,17-/m0/s1. The maximum atomic E-state index is 12.4. The molecule has 1 amide bonds. The van der Waals surface area contributed by atoms with Crippen LogP contribution < -0.4 is 4.74 Å². The Morgan fingerprint density at radius 2 is 2.00 bits per heavy atom. The van der Waals surface area contributed by atoms with Crippen LogP contribution in [0.3, 0.4) is 0 Å². The van der Waals surface area contributed by atoms with Crippen molar-refractivity contribution in [1.82, 2.24) is 24.9 Å². The molecule has 10 heteroatoms. The summed E-state index contributed by atoms with van der Waals surface area (Å²) in [6.45, 7) is 3.50. The predicted octanol–water partition coefficient (Wildman–Crippen LogP) is 3.33. The zero-order valence-corrected chi connectivity index (χ0v) is 19.7. The van der Waals surface area contributed by atoms with Crippen molar-refractivity contribution in [2.75, 3.05) is 13.1 Å². The highest BCUT2D eigenvalue weighted by Gasteiger charge is 2.49. The molecule has 1 N–H and O–H groups in total. The summed E-state index contributed by atoms with van der Waals surface area (Å²) in [6.07, 6.45) is 6.12. The number of rotatable bonds is 6. The van der Waals surface area contributed by atoms with Gasteiger partial charge in [0.2, 0.25) is 0 Å². The van der Waals surface area contributed by atoms with Crippen LogP contribution in [0.2, 0.25) is 0 Å². The van der Waals surface area contributed by atoms with E-state index < -0.39 is 5.97 Å². The molecule has 0 radical (unpaired) electrons. The average molecular weight is 470 g/mol. The van der Waals surface area contributed by atoms with Crippen LogP contribution in [0.1, 0.15) is 56.3 Å². The van der Waals surface area contributed by atoms with E-state index >= 15 is 0 Å². The van der Waals surface area contributed by atoms with Crippen LogP contribution in [0.5, 0.6) is 5.75 Å². The minimum Gasteiger partial charge on any atom is -0.489 e. The molecule has 3 heterocycles. The molecule has 182 valence electrons. The highest BCUT2D eigenvalue weighted by Crippen LogP contribution is 2.48. The normalized spacial score (nSPS) is 23.2. The monoisotopic (exact) mass is 469 g/mol. The van der Waals surface area contributed by atoms with Crippen LogP contribution >= 0.6 is 0 Å². The Kier molecular flexibility index (Phi) is 5.91. The van der Waals surface area contributed by atoms with Crippen LogP contribution in [0, 0.1) is 18.3 Å². The van der Waals surface area contributed by atoms with E-state index in [-0.39, 0.29) is 24.7 Å². The molecule has 0 bridgehead atoms. The number of hydrogen-bond acceptors (Lipinski definition) is 7. The van der Waals surface area contributed by atoms with Crippen LogP contribution in [-0.2, 0) is 23.2 Å². The molecule has 2 atom stereocenters. The Hall–Kier alpha value is -3.17. The molecule has 5 rings (SSSR count). The van der Waals surface area contributed by atoms with Gasteiger partial charge in [-0.2, -0.15) is 0 Å². The van der Waals surface area contributed by atoms with E-state index in [0.717, 1.165) is 25.9 Å². The molecule has 1 saturated heterocycles. The summed E-state index contributed by atoms with van der Waals surface area (Å²) in [5, 5.41) is 17.7. The van der Waals surface area contributed by atoms with Gasteiger partial charge in [-0.05, 0) is 57.6 Å². The van der Waals surface area contributed by atoms with E-state index in [4.69, 9.17) is 9.47 Å². The fraction of sp³-hybridized carbons (Fsp3) is 0.625. The van der Waals surface area contributed by atoms with Gasteiger partial charge in [0, 0.05) is 25.6 Å². The summed E-state index contributed by atoms with van der Waals surface area (Å²) in [4.78, 5) is 30.2. The van der Waals surface area contributed by atoms with E-state index in [9.17, 15) is 14.7 Å². The van der Waals surface area contributed by atoms with Crippen LogP contribution in [0.15, 0.2) is 12.1 Å². The van der Waals surface area contributed by atoms with Gasteiger partial charge in [0.1, 0.15) is 23.7 Å². The fourth-order valence-electron chi connectivity index (χ4n) is 5.31. The van der Waals surface area contributed by atoms with Gasteiger partial charge in [0.25, 0.3) is 0 Å². The summed E-state index contributed by atoms with van der Waals surface area (Å²) in [7, 11) is 1.76. The summed E-state index contributed by atoms with van der Waals surface area (Å²) < 4.78 is 13.3. The Morgan fingerprint density at radius 3 is 2.68 bits per heavy atom. The average Bonchev–Trinajstić information content (AvgIpc) is 3.12. The first-order chi connectivity index (χ1) is 16.3. The highest BCUT2D eigenvalue weighted by atomic mass is 16.6. The van der Waals surface area contributed by atoms with Crippen LogP contribution in [0.4, 0.5) is 4.79 Å². The molecule has 2 aromatic heterocycles. The molecule has 2 saturated carbocycles. The lowest BCUT2D eigenvalue weighted by Gasteiger charge is -2.55. The molecule has 1 spiro atoms. The van der Waals surface area contributed by atoms with Crippen molar-refractivity contribution >= 4 is 12.1 Å². The number of likely N-dealkylation sites (tertiary alicyclic amines) is 1. The second-order valence-electron chi connectivity index (χ2n) is 9.99. The minimum absolute atomic E-state index is 0.0683. The molecule has 2 aromatic rings. The molecule has 1 aliphatic heterocycles. The number of nitrogens with zero attached hydrogens (tertiary/aromatic N) is 5. The Labute approximate surface area is 198 Å². The molecule has 0 aromatic carbocycles. The van der Waals surface area contributed by atoms with Crippen LogP contribution in [0.25, 0.3) is 11.4 Å². The number of ether oxygens (including phenoxy) is 2. The number of hydrogen-bond donors (Lipinski definition) is 1. The number of carboxylic acids is 1. The number of aryl methyl sites for hydroxylation is 2. The topological polar surface area (TPSA) is 120 Å². The van der Waals surface area contributed by atoms with Gasteiger partial charge in [-0.1, -0.05) is 11.6 Å². The van der Waals surface area contributed by atoms with Crippen molar-refractivity contribution in [2.45, 2.75) is 64.6 Å². The lowest BCUT2D eigenvalue weighted by atomic mass is 9.64. The Bertz CT molecular complexity index is 1090. The summed E-state index contributed by atoms with van der Waals surface area (Å²) >= 11 is 0. The molecule has 10 nitrogen and oxygen atoms in total. The molecular weight excluding hydrogens is 438 g/mol. The quantitative estimate of drug-likeness (QED) is 0.684. The molecule has 3 aliphatic rings. The van der Waals surface area contributed by atoms with E-state index in [1.807, 2.05) is 19.1 Å². The van der Waals surface area contributed by atoms with Crippen molar-refractivity contribution in [1.29, 1.82) is 0 Å². The molecule has 34 heavy (non-hydrogen) atoms. The number of aromatic nitrogens is 4. The summed E-state index contributed by atoms with van der Waals surface area (Å²) in [5.41, 5.74) is 2.90. The third-order valence-electron chi connectivity index (χ3n) is 7.55. The van der Waals surface area contributed by atoms with Gasteiger partial charge >= 0.3 is 12.1 Å². The molecule has 0 unspecified atom stereocenters. The molecule has 3 fully saturated rings. The smallest absolute Gasteiger partial charge is 0.410 e. The number of carbonyl (C=O) groups is 2. The van der Waals surface area contributed by atoms with Gasteiger partial charge in [-0.25, -0.2) is 14.5 Å². The fourth-order valence-corrected chi connectivity index (χ4v) is 5.31. The second-order valence-corrected chi connectivity index (χ2v) is 9.99. The zero-order chi connectivity index (χ0) is 23.9. The lowest BCUT2D eigenvalue weighted by Crippen LogP contribution is -2.61. The maximum Gasteiger partial charge on any atom is 0.410 e. The zero-order valence-electron chi connectivity index (χ0n) is 19.7. The maximum absolute atomic E-state index is 12.4. The number of carboxylic acid groups (broad SMARTS) is 1. The largest absolute Gasteiger partial charge is 0.489 e. The third kappa shape index (κ3) is 4.33.